The molecule has 0 unspecified atom stereocenters. The van der Waals surface area contributed by atoms with Gasteiger partial charge in [0, 0.05) is 17.8 Å². The second kappa shape index (κ2) is 6.93. The average molecular weight is 283 g/mol. The molecular weight excluding hydrogens is 262 g/mol. The number of benzene rings is 2. The average Bonchev–Trinajstić information content (AvgIpc) is 2.52. The molecule has 0 amide bonds. The first-order valence-corrected chi connectivity index (χ1v) is 7.13. The van der Waals surface area contributed by atoms with E-state index in [-0.39, 0.29) is 5.78 Å². The molecule has 0 radical (unpaired) electrons. The highest BCUT2D eigenvalue weighted by Gasteiger charge is 2.12. The number of methoxy groups -OCH3 is 1. The highest BCUT2D eigenvalue weighted by molar-refractivity contribution is 5.99. The van der Waals surface area contributed by atoms with Crippen LogP contribution in [0.15, 0.2) is 48.5 Å². The van der Waals surface area contributed by atoms with Gasteiger partial charge in [-0.05, 0) is 55.8 Å². The summed E-state index contributed by atoms with van der Waals surface area (Å²) >= 11 is 0. The number of anilines is 1. The van der Waals surface area contributed by atoms with Gasteiger partial charge in [-0.1, -0.05) is 12.1 Å². The van der Waals surface area contributed by atoms with Crippen molar-refractivity contribution in [1.29, 1.82) is 0 Å². The van der Waals surface area contributed by atoms with Gasteiger partial charge in [0.25, 0.3) is 0 Å². The lowest BCUT2D eigenvalue weighted by Gasteiger charge is -2.22. The molecule has 21 heavy (non-hydrogen) atoms. The zero-order chi connectivity index (χ0) is 15.2. The van der Waals surface area contributed by atoms with E-state index in [0.717, 1.165) is 18.0 Å². The van der Waals surface area contributed by atoms with Crippen molar-refractivity contribution < 1.29 is 9.53 Å². The summed E-state index contributed by atoms with van der Waals surface area (Å²) in [5.41, 5.74) is 2.99. The Kier molecular flexibility index (Phi) is 4.99. The Bertz CT molecular complexity index is 605. The minimum atomic E-state index is 0.112. The number of aryl methyl sites for hydroxylation is 1. The molecule has 110 valence electrons. The van der Waals surface area contributed by atoms with Crippen LogP contribution < -0.4 is 9.64 Å². The molecule has 2 rings (SSSR count). The van der Waals surface area contributed by atoms with E-state index >= 15 is 0 Å². The van der Waals surface area contributed by atoms with Crippen LogP contribution in [0.4, 0.5) is 5.69 Å². The maximum Gasteiger partial charge on any atom is 0.182 e. The first-order chi connectivity index (χ1) is 10.1. The number of rotatable bonds is 6. The van der Waals surface area contributed by atoms with Crippen molar-refractivity contribution in [3.63, 3.8) is 0 Å². The van der Waals surface area contributed by atoms with Gasteiger partial charge in [0.05, 0.1) is 13.7 Å². The Hall–Kier alpha value is -2.29. The minimum absolute atomic E-state index is 0.112. The van der Waals surface area contributed by atoms with Gasteiger partial charge in [0.1, 0.15) is 5.75 Å². The fraction of sp³-hybridized carbons (Fsp3) is 0.278. The standard InChI is InChI=1S/C18H21NO2/c1-4-19(16-7-5-6-14(2)12-16)13-18(20)15-8-10-17(21-3)11-9-15/h5-12H,4,13H2,1-3H3. The van der Waals surface area contributed by atoms with Crippen molar-refractivity contribution in [1.82, 2.24) is 0 Å². The summed E-state index contributed by atoms with van der Waals surface area (Å²) < 4.78 is 5.11. The number of nitrogens with zero attached hydrogens (tertiary/aromatic N) is 1. The summed E-state index contributed by atoms with van der Waals surface area (Å²) in [6, 6.07) is 15.5. The Balaban J connectivity index is 2.12. The first-order valence-electron chi connectivity index (χ1n) is 7.13. The van der Waals surface area contributed by atoms with Crippen LogP contribution in [0.3, 0.4) is 0 Å². The second-order valence-corrected chi connectivity index (χ2v) is 5.00. The summed E-state index contributed by atoms with van der Waals surface area (Å²) in [6.07, 6.45) is 0. The zero-order valence-corrected chi connectivity index (χ0v) is 12.8. The SMILES string of the molecule is CCN(CC(=O)c1ccc(OC)cc1)c1cccc(C)c1. The number of ether oxygens (including phenoxy) is 1. The largest absolute Gasteiger partial charge is 0.497 e. The minimum Gasteiger partial charge on any atom is -0.497 e. The van der Waals surface area contributed by atoms with E-state index < -0.39 is 0 Å². The number of carbonyl (C=O) groups excluding carboxylic acids is 1. The fourth-order valence-corrected chi connectivity index (χ4v) is 2.25. The van der Waals surface area contributed by atoms with Crippen LogP contribution in [0.2, 0.25) is 0 Å². The number of hydrogen-bond donors (Lipinski definition) is 0. The van der Waals surface area contributed by atoms with Crippen molar-refractivity contribution in [3.8, 4) is 5.75 Å². The molecule has 0 aliphatic carbocycles. The van der Waals surface area contributed by atoms with Gasteiger partial charge in [0.15, 0.2) is 5.78 Å². The van der Waals surface area contributed by atoms with Gasteiger partial charge in [-0.15, -0.1) is 0 Å². The topological polar surface area (TPSA) is 29.5 Å². The Morgan fingerprint density at radius 2 is 1.86 bits per heavy atom. The first kappa shape index (κ1) is 15.1. The monoisotopic (exact) mass is 283 g/mol. The van der Waals surface area contributed by atoms with Crippen LogP contribution in [-0.2, 0) is 0 Å². The molecule has 0 N–H and O–H groups in total. The quantitative estimate of drug-likeness (QED) is 0.757. The molecule has 0 aliphatic rings. The molecule has 3 nitrogen and oxygen atoms in total. The Morgan fingerprint density at radius 3 is 2.43 bits per heavy atom. The van der Waals surface area contributed by atoms with E-state index in [0.29, 0.717) is 12.1 Å². The zero-order valence-electron chi connectivity index (χ0n) is 12.8. The smallest absolute Gasteiger partial charge is 0.182 e. The summed E-state index contributed by atoms with van der Waals surface area (Å²) in [4.78, 5) is 14.5. The summed E-state index contributed by atoms with van der Waals surface area (Å²) in [5.74, 6) is 0.874. The summed E-state index contributed by atoms with van der Waals surface area (Å²) in [7, 11) is 1.62. The van der Waals surface area contributed by atoms with Crippen molar-refractivity contribution in [2.24, 2.45) is 0 Å². The molecule has 0 atom stereocenters. The number of hydrogen-bond acceptors (Lipinski definition) is 3. The fourth-order valence-electron chi connectivity index (χ4n) is 2.25. The molecule has 2 aromatic carbocycles. The van der Waals surface area contributed by atoms with Gasteiger partial charge < -0.3 is 9.64 Å². The van der Waals surface area contributed by atoms with Crippen LogP contribution in [0.25, 0.3) is 0 Å². The van der Waals surface area contributed by atoms with Crippen LogP contribution >= 0.6 is 0 Å². The van der Waals surface area contributed by atoms with Crippen molar-refractivity contribution in [2.75, 3.05) is 25.1 Å². The molecule has 0 heterocycles. The van der Waals surface area contributed by atoms with Crippen molar-refractivity contribution >= 4 is 11.5 Å². The predicted molar refractivity (Wildman–Crippen MR) is 86.4 cm³/mol. The van der Waals surface area contributed by atoms with Crippen LogP contribution in [0, 0.1) is 6.92 Å². The van der Waals surface area contributed by atoms with Crippen LogP contribution in [0.1, 0.15) is 22.8 Å². The number of carbonyl (C=O) groups is 1. The Labute approximate surface area is 126 Å². The van der Waals surface area contributed by atoms with Crippen LogP contribution in [-0.4, -0.2) is 26.0 Å². The molecule has 0 saturated carbocycles. The number of ketones is 1. The normalized spacial score (nSPS) is 10.2. The van der Waals surface area contributed by atoms with E-state index in [1.54, 1.807) is 7.11 Å². The van der Waals surface area contributed by atoms with E-state index in [2.05, 4.69) is 30.9 Å². The third-order valence-corrected chi connectivity index (χ3v) is 3.49. The highest BCUT2D eigenvalue weighted by atomic mass is 16.5. The van der Waals surface area contributed by atoms with E-state index in [1.165, 1.54) is 5.56 Å². The molecule has 0 bridgehead atoms. The molecule has 2 aromatic rings. The maximum absolute atomic E-state index is 12.4. The third kappa shape index (κ3) is 3.85. The number of Topliss-reactive ketones (excluding diaryl/α,β-unsaturated/α-hetero) is 1. The van der Waals surface area contributed by atoms with Gasteiger partial charge in [0.2, 0.25) is 0 Å². The lowest BCUT2D eigenvalue weighted by molar-refractivity contribution is 0.0999. The lowest BCUT2D eigenvalue weighted by atomic mass is 10.1. The predicted octanol–water partition coefficient (Wildman–Crippen LogP) is 3.71. The van der Waals surface area contributed by atoms with E-state index in [9.17, 15) is 4.79 Å². The second-order valence-electron chi connectivity index (χ2n) is 5.00. The number of likely N-dealkylation sites (N-methyl/N-ethyl adjacent to an activating group) is 1. The van der Waals surface area contributed by atoms with E-state index in [4.69, 9.17) is 4.74 Å². The summed E-state index contributed by atoms with van der Waals surface area (Å²) in [5, 5.41) is 0. The van der Waals surface area contributed by atoms with Crippen LogP contribution in [0.5, 0.6) is 5.75 Å². The molecular formula is C18H21NO2. The summed E-state index contributed by atoms with van der Waals surface area (Å²) in [6.45, 7) is 5.30. The van der Waals surface area contributed by atoms with Gasteiger partial charge in [-0.25, -0.2) is 0 Å². The van der Waals surface area contributed by atoms with Gasteiger partial charge in [-0.3, -0.25) is 4.79 Å². The van der Waals surface area contributed by atoms with Crippen molar-refractivity contribution in [3.05, 3.63) is 59.7 Å². The molecule has 3 heteroatoms. The molecule has 0 saturated heterocycles. The Morgan fingerprint density at radius 1 is 1.14 bits per heavy atom. The van der Waals surface area contributed by atoms with Crippen molar-refractivity contribution in [2.45, 2.75) is 13.8 Å². The van der Waals surface area contributed by atoms with Gasteiger partial charge >= 0.3 is 0 Å². The van der Waals surface area contributed by atoms with E-state index in [1.807, 2.05) is 36.4 Å². The van der Waals surface area contributed by atoms with Gasteiger partial charge in [-0.2, -0.15) is 0 Å². The lowest BCUT2D eigenvalue weighted by Crippen LogP contribution is -2.29. The third-order valence-electron chi connectivity index (χ3n) is 3.49. The molecule has 0 aromatic heterocycles. The maximum atomic E-state index is 12.4. The molecule has 0 spiro atoms. The molecule has 0 aliphatic heterocycles. The molecule has 0 fully saturated rings. The highest BCUT2D eigenvalue weighted by Crippen LogP contribution is 2.17.